The minimum atomic E-state index is -4.36. The van der Waals surface area contributed by atoms with Crippen LogP contribution in [0.4, 0.5) is 18.9 Å². The van der Waals surface area contributed by atoms with Gasteiger partial charge in [0.15, 0.2) is 0 Å². The average molecular weight is 288 g/mol. The highest BCUT2D eigenvalue weighted by molar-refractivity contribution is 5.57. The first-order chi connectivity index (χ1) is 9.13. The molecule has 114 valence electrons. The first-order valence-electron chi connectivity index (χ1n) is 6.77. The summed E-state index contributed by atoms with van der Waals surface area (Å²) < 4.78 is 39.8. The van der Waals surface area contributed by atoms with Gasteiger partial charge in [-0.25, -0.2) is 0 Å². The zero-order valence-electron chi connectivity index (χ0n) is 12.5. The molecule has 0 spiro atoms. The highest BCUT2D eigenvalue weighted by atomic mass is 19.4. The highest BCUT2D eigenvalue weighted by Crippen LogP contribution is 2.39. The van der Waals surface area contributed by atoms with Gasteiger partial charge in [-0.15, -0.1) is 0 Å². The van der Waals surface area contributed by atoms with Crippen molar-refractivity contribution < 1.29 is 13.2 Å². The van der Waals surface area contributed by atoms with E-state index in [4.69, 9.17) is 5.73 Å². The van der Waals surface area contributed by atoms with E-state index >= 15 is 0 Å². The Kier molecular flexibility index (Phi) is 5.08. The van der Waals surface area contributed by atoms with E-state index in [0.29, 0.717) is 18.5 Å². The van der Waals surface area contributed by atoms with E-state index in [0.717, 1.165) is 6.42 Å². The molecule has 2 nitrogen and oxygen atoms in total. The SMILES string of the molecule is CCC(C)(C)N(C)c1ccc(CCN)cc1C(F)(F)F. The number of hydrogen-bond acceptors (Lipinski definition) is 2. The average Bonchev–Trinajstić information content (AvgIpc) is 2.37. The number of nitrogens with two attached hydrogens (primary N) is 1. The van der Waals surface area contributed by atoms with Crippen LogP contribution in [0.2, 0.25) is 0 Å². The van der Waals surface area contributed by atoms with E-state index in [9.17, 15) is 13.2 Å². The van der Waals surface area contributed by atoms with Crippen molar-refractivity contribution in [1.82, 2.24) is 0 Å². The van der Waals surface area contributed by atoms with E-state index in [1.807, 2.05) is 20.8 Å². The third-order valence-electron chi connectivity index (χ3n) is 3.93. The van der Waals surface area contributed by atoms with Crippen LogP contribution < -0.4 is 10.6 Å². The topological polar surface area (TPSA) is 29.3 Å². The minimum Gasteiger partial charge on any atom is -0.369 e. The molecule has 0 bridgehead atoms. The Hall–Kier alpha value is -1.23. The van der Waals surface area contributed by atoms with Gasteiger partial charge in [0.25, 0.3) is 0 Å². The summed E-state index contributed by atoms with van der Waals surface area (Å²) in [6.45, 7) is 6.17. The van der Waals surface area contributed by atoms with Gasteiger partial charge >= 0.3 is 6.18 Å². The summed E-state index contributed by atoms with van der Waals surface area (Å²) in [4.78, 5) is 1.70. The van der Waals surface area contributed by atoms with Crippen LogP contribution in [-0.2, 0) is 12.6 Å². The molecule has 0 amide bonds. The monoisotopic (exact) mass is 288 g/mol. The Labute approximate surface area is 118 Å². The van der Waals surface area contributed by atoms with Crippen molar-refractivity contribution in [1.29, 1.82) is 0 Å². The predicted octanol–water partition coefficient (Wildman–Crippen LogP) is 3.83. The molecule has 20 heavy (non-hydrogen) atoms. The van der Waals surface area contributed by atoms with Gasteiger partial charge in [0.2, 0.25) is 0 Å². The van der Waals surface area contributed by atoms with Gasteiger partial charge in [-0.1, -0.05) is 13.0 Å². The lowest BCUT2D eigenvalue weighted by Gasteiger charge is -2.38. The fourth-order valence-electron chi connectivity index (χ4n) is 1.99. The normalized spacial score (nSPS) is 12.6. The number of benzene rings is 1. The van der Waals surface area contributed by atoms with Crippen LogP contribution in [0, 0.1) is 0 Å². The number of halogens is 3. The third kappa shape index (κ3) is 3.66. The molecule has 0 aliphatic rings. The molecule has 1 rings (SSSR count). The Morgan fingerprint density at radius 2 is 1.80 bits per heavy atom. The van der Waals surface area contributed by atoms with E-state index < -0.39 is 11.7 Å². The summed E-state index contributed by atoms with van der Waals surface area (Å²) in [5, 5.41) is 0. The van der Waals surface area contributed by atoms with Gasteiger partial charge in [-0.2, -0.15) is 13.2 Å². The molecule has 0 aromatic heterocycles. The van der Waals surface area contributed by atoms with Crippen molar-refractivity contribution in [3.63, 3.8) is 0 Å². The molecule has 0 saturated heterocycles. The van der Waals surface area contributed by atoms with Crippen LogP contribution >= 0.6 is 0 Å². The molecule has 0 heterocycles. The molecule has 0 saturated carbocycles. The molecule has 2 N–H and O–H groups in total. The van der Waals surface area contributed by atoms with Crippen molar-refractivity contribution in [2.24, 2.45) is 5.73 Å². The molecule has 5 heteroatoms. The Balaban J connectivity index is 3.32. The summed E-state index contributed by atoms with van der Waals surface area (Å²) >= 11 is 0. The molecule has 0 atom stereocenters. The molecule has 0 fully saturated rings. The first kappa shape index (κ1) is 16.8. The van der Waals surface area contributed by atoms with Crippen molar-refractivity contribution in [3.05, 3.63) is 29.3 Å². The van der Waals surface area contributed by atoms with Gasteiger partial charge in [-0.3, -0.25) is 0 Å². The summed E-state index contributed by atoms with van der Waals surface area (Å²) in [6, 6.07) is 4.48. The Bertz CT molecular complexity index is 453. The van der Waals surface area contributed by atoms with Crippen molar-refractivity contribution >= 4 is 5.69 Å². The summed E-state index contributed by atoms with van der Waals surface area (Å²) in [5.74, 6) is 0. The number of hydrogen-bond donors (Lipinski definition) is 1. The minimum absolute atomic E-state index is 0.213. The van der Waals surface area contributed by atoms with E-state index in [1.165, 1.54) is 6.07 Å². The van der Waals surface area contributed by atoms with E-state index in [-0.39, 0.29) is 11.2 Å². The number of alkyl halides is 3. The quantitative estimate of drug-likeness (QED) is 0.892. The van der Waals surface area contributed by atoms with Crippen LogP contribution in [0.5, 0.6) is 0 Å². The molecule has 0 radical (unpaired) electrons. The van der Waals surface area contributed by atoms with Crippen molar-refractivity contribution in [2.45, 2.75) is 45.3 Å². The molecule has 0 unspecified atom stereocenters. The number of anilines is 1. The van der Waals surface area contributed by atoms with Gasteiger partial charge in [-0.05, 0) is 50.9 Å². The van der Waals surface area contributed by atoms with Crippen molar-refractivity contribution in [2.75, 3.05) is 18.5 Å². The second kappa shape index (κ2) is 6.04. The summed E-state index contributed by atoms with van der Waals surface area (Å²) in [7, 11) is 1.71. The summed E-state index contributed by atoms with van der Waals surface area (Å²) in [5.41, 5.74) is 5.32. The largest absolute Gasteiger partial charge is 0.418 e. The molecule has 0 aliphatic heterocycles. The van der Waals surface area contributed by atoms with Crippen LogP contribution in [0.15, 0.2) is 18.2 Å². The van der Waals surface area contributed by atoms with E-state index in [1.54, 1.807) is 24.1 Å². The smallest absolute Gasteiger partial charge is 0.369 e. The maximum absolute atomic E-state index is 13.3. The van der Waals surface area contributed by atoms with Crippen molar-refractivity contribution in [3.8, 4) is 0 Å². The second-order valence-corrected chi connectivity index (χ2v) is 5.61. The maximum atomic E-state index is 13.3. The lowest BCUT2D eigenvalue weighted by molar-refractivity contribution is -0.137. The molecule has 1 aromatic rings. The third-order valence-corrected chi connectivity index (χ3v) is 3.93. The maximum Gasteiger partial charge on any atom is 0.418 e. The van der Waals surface area contributed by atoms with Gasteiger partial charge < -0.3 is 10.6 Å². The standard InChI is InChI=1S/C15H23F3N2/c1-5-14(2,3)20(4)13-7-6-11(8-9-19)10-12(13)15(16,17)18/h6-7,10H,5,8-9,19H2,1-4H3. The number of nitrogens with zero attached hydrogens (tertiary/aromatic N) is 1. The van der Waals surface area contributed by atoms with Gasteiger partial charge in [0, 0.05) is 18.3 Å². The fourth-order valence-corrected chi connectivity index (χ4v) is 1.99. The van der Waals surface area contributed by atoms with Crippen LogP contribution in [0.3, 0.4) is 0 Å². The molecule has 0 aliphatic carbocycles. The predicted molar refractivity (Wildman–Crippen MR) is 77.0 cm³/mol. The lowest BCUT2D eigenvalue weighted by atomic mass is 9.96. The van der Waals surface area contributed by atoms with Crippen LogP contribution in [-0.4, -0.2) is 19.1 Å². The molecule has 1 aromatic carbocycles. The zero-order valence-corrected chi connectivity index (χ0v) is 12.5. The molecular formula is C15H23F3N2. The Morgan fingerprint density at radius 1 is 1.20 bits per heavy atom. The van der Waals surface area contributed by atoms with Gasteiger partial charge in [0.1, 0.15) is 0 Å². The highest BCUT2D eigenvalue weighted by Gasteiger charge is 2.36. The van der Waals surface area contributed by atoms with Gasteiger partial charge in [0.05, 0.1) is 5.56 Å². The molecular weight excluding hydrogens is 265 g/mol. The lowest BCUT2D eigenvalue weighted by Crippen LogP contribution is -2.41. The summed E-state index contributed by atoms with van der Waals surface area (Å²) in [6.07, 6.45) is -3.16. The first-order valence-corrected chi connectivity index (χ1v) is 6.77. The zero-order chi connectivity index (χ0) is 15.6. The van der Waals surface area contributed by atoms with Crippen LogP contribution in [0.25, 0.3) is 0 Å². The second-order valence-electron chi connectivity index (χ2n) is 5.61. The van der Waals surface area contributed by atoms with Crippen LogP contribution in [0.1, 0.15) is 38.3 Å². The van der Waals surface area contributed by atoms with E-state index in [2.05, 4.69) is 0 Å². The Morgan fingerprint density at radius 3 is 2.25 bits per heavy atom. The number of rotatable bonds is 5. The fraction of sp³-hybridized carbons (Fsp3) is 0.600.